The first-order chi connectivity index (χ1) is 6.77. The Kier molecular flexibility index (Phi) is 3.15. The minimum atomic E-state index is 0.586. The molecule has 1 heterocycles. The highest BCUT2D eigenvalue weighted by Gasteiger charge is 2.10. The molecular weight excluding hydrogens is 280 g/mol. The average Bonchev–Trinajstić information content (AvgIpc) is 2.55. The van der Waals surface area contributed by atoms with Crippen LogP contribution in [0.3, 0.4) is 0 Å². The van der Waals surface area contributed by atoms with Crippen LogP contribution in [0.15, 0.2) is 22.7 Å². The highest BCUT2D eigenvalue weighted by Crippen LogP contribution is 2.38. The second-order valence-electron chi connectivity index (χ2n) is 3.12. The Morgan fingerprint density at radius 1 is 1.43 bits per heavy atom. The lowest BCUT2D eigenvalue weighted by Gasteiger charge is -1.97. The first-order valence-electron chi connectivity index (χ1n) is 4.52. The number of fused-ring (bicyclic) bond motifs is 1. The molecule has 0 aliphatic rings. The Morgan fingerprint density at radius 2 is 2.21 bits per heavy atom. The first kappa shape index (κ1) is 10.5. The normalized spacial score (nSPS) is 11.1. The van der Waals surface area contributed by atoms with Gasteiger partial charge in [-0.05, 0) is 27.9 Å². The molecule has 14 heavy (non-hydrogen) atoms. The lowest BCUT2D eigenvalue weighted by atomic mass is 10.1. The molecule has 2 rings (SSSR count). The molecule has 3 heteroatoms. The van der Waals surface area contributed by atoms with Gasteiger partial charge in [-0.25, -0.2) is 0 Å². The summed E-state index contributed by atoms with van der Waals surface area (Å²) in [5.74, 6) is 0.586. The first-order valence-corrected chi connectivity index (χ1v) is 6.67. The molecule has 1 aromatic carbocycles. The summed E-state index contributed by atoms with van der Waals surface area (Å²) in [6.07, 6.45) is 1.08. The van der Waals surface area contributed by atoms with E-state index < -0.39 is 0 Å². The second-order valence-corrected chi connectivity index (χ2v) is 5.29. The summed E-state index contributed by atoms with van der Waals surface area (Å²) >= 11 is 11.3. The van der Waals surface area contributed by atoms with Gasteiger partial charge >= 0.3 is 0 Å². The van der Waals surface area contributed by atoms with Crippen molar-refractivity contribution in [1.29, 1.82) is 0 Å². The van der Waals surface area contributed by atoms with Crippen LogP contribution in [0.25, 0.3) is 10.1 Å². The van der Waals surface area contributed by atoms with E-state index in [4.69, 9.17) is 11.6 Å². The van der Waals surface area contributed by atoms with Gasteiger partial charge in [0.15, 0.2) is 0 Å². The van der Waals surface area contributed by atoms with E-state index in [1.54, 1.807) is 11.3 Å². The Labute approximate surface area is 101 Å². The maximum Gasteiger partial charge on any atom is 0.0579 e. The minimum Gasteiger partial charge on any atom is -0.138 e. The van der Waals surface area contributed by atoms with E-state index in [0.29, 0.717) is 5.88 Å². The van der Waals surface area contributed by atoms with Gasteiger partial charge in [0.05, 0.1) is 5.88 Å². The molecule has 0 spiro atoms. The fourth-order valence-corrected chi connectivity index (χ4v) is 3.99. The third-order valence-corrected chi connectivity index (χ3v) is 5.18. The van der Waals surface area contributed by atoms with Crippen molar-refractivity contribution in [3.8, 4) is 0 Å². The Bertz CT molecular complexity index is 462. The largest absolute Gasteiger partial charge is 0.138 e. The number of halogens is 2. The number of thiophene rings is 1. The Hall–Kier alpha value is -0.0500. The van der Waals surface area contributed by atoms with Gasteiger partial charge in [0.2, 0.25) is 0 Å². The van der Waals surface area contributed by atoms with E-state index in [-0.39, 0.29) is 0 Å². The fourth-order valence-electron chi connectivity index (χ4n) is 1.56. The van der Waals surface area contributed by atoms with Crippen LogP contribution in [0, 0.1) is 0 Å². The number of hydrogen-bond donors (Lipinski definition) is 0. The molecule has 0 aliphatic heterocycles. The van der Waals surface area contributed by atoms with Crippen molar-refractivity contribution in [2.24, 2.45) is 0 Å². The van der Waals surface area contributed by atoms with Crippen LogP contribution in [0.1, 0.15) is 17.4 Å². The van der Waals surface area contributed by atoms with Gasteiger partial charge in [-0.15, -0.1) is 22.9 Å². The summed E-state index contributed by atoms with van der Waals surface area (Å²) in [5.41, 5.74) is 1.41. The molecule has 0 amide bonds. The average molecular weight is 290 g/mol. The highest BCUT2D eigenvalue weighted by atomic mass is 79.9. The van der Waals surface area contributed by atoms with Crippen molar-refractivity contribution in [2.45, 2.75) is 19.2 Å². The molecule has 0 saturated heterocycles. The molecule has 0 N–H and O–H groups in total. The molecular formula is C11H10BrClS. The number of hydrogen-bond acceptors (Lipinski definition) is 1. The standard InChI is InChI=1S/C11H10BrClS/c1-2-7-4-3-5-8-10(12)9(6-13)14-11(7)8/h3-5H,2,6H2,1H3. The smallest absolute Gasteiger partial charge is 0.0579 e. The van der Waals surface area contributed by atoms with Gasteiger partial charge in [0.1, 0.15) is 0 Å². The van der Waals surface area contributed by atoms with E-state index in [1.807, 2.05) is 0 Å². The summed E-state index contributed by atoms with van der Waals surface area (Å²) in [6, 6.07) is 6.44. The van der Waals surface area contributed by atoms with Gasteiger partial charge in [-0.3, -0.25) is 0 Å². The summed E-state index contributed by atoms with van der Waals surface area (Å²) in [4.78, 5) is 1.22. The molecule has 74 valence electrons. The lowest BCUT2D eigenvalue weighted by Crippen LogP contribution is -1.77. The van der Waals surface area contributed by atoms with Crippen molar-refractivity contribution < 1.29 is 0 Å². The number of benzene rings is 1. The van der Waals surface area contributed by atoms with Crippen LogP contribution in [0.2, 0.25) is 0 Å². The SMILES string of the molecule is CCc1cccc2c(Br)c(CCl)sc12. The van der Waals surface area contributed by atoms with E-state index in [9.17, 15) is 0 Å². The Balaban J connectivity index is 2.77. The van der Waals surface area contributed by atoms with E-state index in [2.05, 4.69) is 41.1 Å². The van der Waals surface area contributed by atoms with Gasteiger partial charge in [-0.2, -0.15) is 0 Å². The zero-order chi connectivity index (χ0) is 10.1. The van der Waals surface area contributed by atoms with Crippen molar-refractivity contribution in [2.75, 3.05) is 0 Å². The van der Waals surface area contributed by atoms with Gasteiger partial charge in [0, 0.05) is 19.4 Å². The number of alkyl halides is 1. The molecule has 1 aromatic heterocycles. The molecule has 0 bridgehead atoms. The Morgan fingerprint density at radius 3 is 2.86 bits per heavy atom. The number of aryl methyl sites for hydroxylation is 1. The van der Waals surface area contributed by atoms with Crippen LogP contribution in [0.5, 0.6) is 0 Å². The molecule has 0 unspecified atom stereocenters. The van der Waals surface area contributed by atoms with Crippen molar-refractivity contribution in [1.82, 2.24) is 0 Å². The van der Waals surface area contributed by atoms with E-state index in [1.165, 1.54) is 25.0 Å². The second kappa shape index (κ2) is 4.21. The van der Waals surface area contributed by atoms with Gasteiger partial charge in [0.25, 0.3) is 0 Å². The molecule has 0 aliphatic carbocycles. The van der Waals surface area contributed by atoms with Gasteiger partial charge < -0.3 is 0 Å². The van der Waals surface area contributed by atoms with Crippen LogP contribution >= 0.6 is 38.9 Å². The van der Waals surface area contributed by atoms with Crippen molar-refractivity contribution in [3.63, 3.8) is 0 Å². The summed E-state index contributed by atoms with van der Waals surface area (Å²) < 4.78 is 2.54. The van der Waals surface area contributed by atoms with Crippen LogP contribution in [0.4, 0.5) is 0 Å². The lowest BCUT2D eigenvalue weighted by molar-refractivity contribution is 1.16. The topological polar surface area (TPSA) is 0 Å². The van der Waals surface area contributed by atoms with Crippen LogP contribution < -0.4 is 0 Å². The maximum absolute atomic E-state index is 5.88. The summed E-state index contributed by atoms with van der Waals surface area (Å²) in [5, 5.41) is 1.30. The van der Waals surface area contributed by atoms with E-state index in [0.717, 1.165) is 6.42 Å². The van der Waals surface area contributed by atoms with Gasteiger partial charge in [-0.1, -0.05) is 25.1 Å². The van der Waals surface area contributed by atoms with Crippen LogP contribution in [-0.2, 0) is 12.3 Å². The summed E-state index contributed by atoms with van der Waals surface area (Å²) in [6.45, 7) is 2.18. The summed E-state index contributed by atoms with van der Waals surface area (Å²) in [7, 11) is 0. The quantitative estimate of drug-likeness (QED) is 0.685. The zero-order valence-electron chi connectivity index (χ0n) is 7.81. The molecule has 0 radical (unpaired) electrons. The zero-order valence-corrected chi connectivity index (χ0v) is 11.0. The predicted octanol–water partition coefficient (Wildman–Crippen LogP) is 4.97. The molecule has 0 saturated carbocycles. The molecule has 0 nitrogen and oxygen atoms in total. The molecule has 0 atom stereocenters. The third kappa shape index (κ3) is 1.60. The van der Waals surface area contributed by atoms with E-state index >= 15 is 0 Å². The minimum absolute atomic E-state index is 0.586. The van der Waals surface area contributed by atoms with Crippen LogP contribution in [-0.4, -0.2) is 0 Å². The van der Waals surface area contributed by atoms with Crippen molar-refractivity contribution in [3.05, 3.63) is 33.1 Å². The number of rotatable bonds is 2. The fraction of sp³-hybridized carbons (Fsp3) is 0.273. The molecule has 0 fully saturated rings. The maximum atomic E-state index is 5.88. The predicted molar refractivity (Wildman–Crippen MR) is 68.5 cm³/mol. The third-order valence-electron chi connectivity index (χ3n) is 2.31. The highest BCUT2D eigenvalue weighted by molar-refractivity contribution is 9.10. The monoisotopic (exact) mass is 288 g/mol. The van der Waals surface area contributed by atoms with Crippen molar-refractivity contribution >= 4 is 49.0 Å². The molecule has 2 aromatic rings.